The first-order valence-corrected chi connectivity index (χ1v) is 12.6. The number of aliphatic hydroxyl groups is 1. The Bertz CT molecular complexity index is 774. The molecule has 0 radical (unpaired) electrons. The molecule has 172 valence electrons. The number of fused-ring (bicyclic) bond motifs is 5. The summed E-state index contributed by atoms with van der Waals surface area (Å²) < 4.78 is 0. The second-order valence-corrected chi connectivity index (χ2v) is 10.8. The summed E-state index contributed by atoms with van der Waals surface area (Å²) in [4.78, 5) is 10.6. The molecule has 3 aliphatic carbocycles. The third kappa shape index (κ3) is 4.65. The Morgan fingerprint density at radius 2 is 1.84 bits per heavy atom. The highest BCUT2D eigenvalue weighted by molar-refractivity contribution is 5.66. The second-order valence-electron chi connectivity index (χ2n) is 10.8. The zero-order valence-electron chi connectivity index (χ0n) is 19.1. The number of aromatic hydroxyl groups is 1. The highest BCUT2D eigenvalue weighted by Crippen LogP contribution is 2.62. The van der Waals surface area contributed by atoms with Crippen LogP contribution in [0.2, 0.25) is 0 Å². The SMILES string of the molecule is C[C@]12CC[C@@H]3c4ccc(O)cc4CC[C@H]3[C@@H]1C[C@H](CCCCCCCCC(=O)O)[C@@H]2O. The summed E-state index contributed by atoms with van der Waals surface area (Å²) >= 11 is 0. The van der Waals surface area contributed by atoms with Gasteiger partial charge in [0.2, 0.25) is 0 Å². The number of unbranched alkanes of at least 4 members (excludes halogenated alkanes) is 5. The molecule has 4 heteroatoms. The van der Waals surface area contributed by atoms with Gasteiger partial charge in [0.25, 0.3) is 0 Å². The van der Waals surface area contributed by atoms with Crippen molar-refractivity contribution in [1.29, 1.82) is 0 Å². The summed E-state index contributed by atoms with van der Waals surface area (Å²) in [7, 11) is 0. The van der Waals surface area contributed by atoms with Gasteiger partial charge in [-0.15, -0.1) is 0 Å². The summed E-state index contributed by atoms with van der Waals surface area (Å²) in [6.45, 7) is 2.35. The van der Waals surface area contributed by atoms with Gasteiger partial charge in [-0.05, 0) is 97.3 Å². The number of benzene rings is 1. The van der Waals surface area contributed by atoms with Gasteiger partial charge in [0.15, 0.2) is 0 Å². The summed E-state index contributed by atoms with van der Waals surface area (Å²) in [6.07, 6.45) is 13.4. The van der Waals surface area contributed by atoms with Crippen molar-refractivity contribution in [3.63, 3.8) is 0 Å². The largest absolute Gasteiger partial charge is 0.508 e. The third-order valence-electron chi connectivity index (χ3n) is 9.04. The standard InChI is InChI=1S/C27H40O4/c1-27-15-14-22-21-13-11-20(28)16-18(21)10-12-23(22)24(27)17-19(26(27)31)8-6-4-2-3-5-7-9-25(29)30/h11,13,16,19,22-24,26,28,31H,2-10,12,14-15,17H2,1H3,(H,29,30)/t19-,22+,23+,24-,26-,27-/m0/s1. The normalized spacial score (nSPS) is 34.1. The predicted octanol–water partition coefficient (Wildman–Crippen LogP) is 6.04. The number of hydrogen-bond acceptors (Lipinski definition) is 3. The minimum atomic E-state index is -0.688. The number of carboxylic acids is 1. The fourth-order valence-electron chi connectivity index (χ4n) is 7.39. The molecule has 3 N–H and O–H groups in total. The molecule has 31 heavy (non-hydrogen) atoms. The van der Waals surface area contributed by atoms with Crippen molar-refractivity contribution in [2.75, 3.05) is 0 Å². The van der Waals surface area contributed by atoms with E-state index in [0.717, 1.165) is 44.9 Å². The average molecular weight is 429 g/mol. The number of hydrogen-bond donors (Lipinski definition) is 3. The molecule has 2 fully saturated rings. The van der Waals surface area contributed by atoms with E-state index < -0.39 is 5.97 Å². The van der Waals surface area contributed by atoms with Crippen LogP contribution in [-0.4, -0.2) is 27.4 Å². The summed E-state index contributed by atoms with van der Waals surface area (Å²) in [5.74, 6) is 2.01. The van der Waals surface area contributed by atoms with E-state index in [9.17, 15) is 15.0 Å². The van der Waals surface area contributed by atoms with Gasteiger partial charge in [-0.25, -0.2) is 0 Å². The van der Waals surface area contributed by atoms with E-state index in [1.54, 1.807) is 0 Å². The first-order chi connectivity index (χ1) is 14.9. The quantitative estimate of drug-likeness (QED) is 0.419. The summed E-state index contributed by atoms with van der Waals surface area (Å²) in [5, 5.41) is 29.9. The molecule has 1 aromatic rings. The Hall–Kier alpha value is -1.55. The van der Waals surface area contributed by atoms with Crippen molar-refractivity contribution < 1.29 is 20.1 Å². The van der Waals surface area contributed by atoms with E-state index in [1.165, 1.54) is 43.2 Å². The van der Waals surface area contributed by atoms with Crippen LogP contribution in [0.4, 0.5) is 0 Å². The molecule has 0 heterocycles. The van der Waals surface area contributed by atoms with Crippen LogP contribution in [0.25, 0.3) is 0 Å². The van der Waals surface area contributed by atoms with E-state index in [2.05, 4.69) is 13.0 Å². The fourth-order valence-corrected chi connectivity index (χ4v) is 7.39. The lowest BCUT2D eigenvalue weighted by Crippen LogP contribution is -2.44. The number of aliphatic hydroxyl groups excluding tert-OH is 1. The minimum Gasteiger partial charge on any atom is -0.508 e. The van der Waals surface area contributed by atoms with Crippen molar-refractivity contribution in [1.82, 2.24) is 0 Å². The van der Waals surface area contributed by atoms with Gasteiger partial charge in [0.05, 0.1) is 6.10 Å². The number of carbonyl (C=O) groups is 1. The highest BCUT2D eigenvalue weighted by Gasteiger charge is 2.57. The van der Waals surface area contributed by atoms with E-state index in [1.807, 2.05) is 12.1 Å². The molecular weight excluding hydrogens is 388 g/mol. The lowest BCUT2D eigenvalue weighted by Gasteiger charge is -2.50. The minimum absolute atomic E-state index is 0.0666. The van der Waals surface area contributed by atoms with Crippen molar-refractivity contribution in [2.24, 2.45) is 23.2 Å². The molecule has 1 aromatic carbocycles. The van der Waals surface area contributed by atoms with Gasteiger partial charge < -0.3 is 15.3 Å². The van der Waals surface area contributed by atoms with Crippen molar-refractivity contribution in [2.45, 2.75) is 102 Å². The van der Waals surface area contributed by atoms with Crippen LogP contribution in [0, 0.1) is 23.2 Å². The lowest BCUT2D eigenvalue weighted by molar-refractivity contribution is -0.137. The number of aliphatic carboxylic acids is 1. The van der Waals surface area contributed by atoms with Crippen molar-refractivity contribution >= 4 is 5.97 Å². The molecule has 0 aliphatic heterocycles. The molecule has 6 atom stereocenters. The zero-order chi connectivity index (χ0) is 22.0. The maximum absolute atomic E-state index is 11.3. The van der Waals surface area contributed by atoms with E-state index in [4.69, 9.17) is 5.11 Å². The Morgan fingerprint density at radius 3 is 2.61 bits per heavy atom. The Balaban J connectivity index is 1.30. The van der Waals surface area contributed by atoms with Crippen LogP contribution in [0.1, 0.15) is 101 Å². The van der Waals surface area contributed by atoms with Crippen LogP contribution in [0.5, 0.6) is 5.75 Å². The van der Waals surface area contributed by atoms with Crippen LogP contribution >= 0.6 is 0 Å². The Morgan fingerprint density at radius 1 is 1.10 bits per heavy atom. The first-order valence-electron chi connectivity index (χ1n) is 12.6. The first kappa shape index (κ1) is 22.6. The number of aryl methyl sites for hydroxylation is 1. The molecule has 0 aromatic heterocycles. The van der Waals surface area contributed by atoms with Gasteiger partial charge in [-0.3, -0.25) is 4.79 Å². The molecule has 0 amide bonds. The Kier molecular flexibility index (Phi) is 6.95. The molecule has 4 nitrogen and oxygen atoms in total. The number of phenols is 1. The van der Waals surface area contributed by atoms with Crippen molar-refractivity contribution in [3.05, 3.63) is 29.3 Å². The predicted molar refractivity (Wildman–Crippen MR) is 122 cm³/mol. The van der Waals surface area contributed by atoms with Crippen LogP contribution < -0.4 is 0 Å². The smallest absolute Gasteiger partial charge is 0.303 e. The van der Waals surface area contributed by atoms with Gasteiger partial charge in [0, 0.05) is 6.42 Å². The maximum atomic E-state index is 11.3. The average Bonchev–Trinajstić information content (AvgIpc) is 3.00. The van der Waals surface area contributed by atoms with Crippen LogP contribution in [0.15, 0.2) is 18.2 Å². The van der Waals surface area contributed by atoms with E-state index >= 15 is 0 Å². The summed E-state index contributed by atoms with van der Waals surface area (Å²) in [6, 6.07) is 5.97. The van der Waals surface area contributed by atoms with Crippen LogP contribution in [0.3, 0.4) is 0 Å². The monoisotopic (exact) mass is 428 g/mol. The van der Waals surface area contributed by atoms with Gasteiger partial charge in [-0.1, -0.05) is 45.1 Å². The van der Waals surface area contributed by atoms with Crippen molar-refractivity contribution in [3.8, 4) is 5.75 Å². The molecule has 4 rings (SSSR count). The van der Waals surface area contributed by atoms with Gasteiger partial charge >= 0.3 is 5.97 Å². The van der Waals surface area contributed by atoms with E-state index in [-0.39, 0.29) is 11.5 Å². The molecule has 0 saturated heterocycles. The van der Waals surface area contributed by atoms with E-state index in [0.29, 0.717) is 35.8 Å². The number of phenolic OH excluding ortho intramolecular Hbond substituents is 1. The third-order valence-corrected chi connectivity index (χ3v) is 9.04. The van der Waals surface area contributed by atoms with Gasteiger partial charge in [0.1, 0.15) is 5.75 Å². The highest BCUT2D eigenvalue weighted by atomic mass is 16.4. The molecule has 2 saturated carbocycles. The summed E-state index contributed by atoms with van der Waals surface area (Å²) in [5.41, 5.74) is 2.86. The fraction of sp³-hybridized carbons (Fsp3) is 0.741. The molecule has 0 bridgehead atoms. The Labute approximate surface area is 187 Å². The lowest BCUT2D eigenvalue weighted by atomic mass is 9.55. The molecular formula is C27H40O4. The molecule has 3 aliphatic rings. The molecule has 0 unspecified atom stereocenters. The maximum Gasteiger partial charge on any atom is 0.303 e. The number of rotatable bonds is 9. The second kappa shape index (κ2) is 9.52. The topological polar surface area (TPSA) is 77.8 Å². The van der Waals surface area contributed by atoms with Gasteiger partial charge in [-0.2, -0.15) is 0 Å². The molecule has 0 spiro atoms. The zero-order valence-corrected chi connectivity index (χ0v) is 19.1. The van der Waals surface area contributed by atoms with Crippen LogP contribution in [-0.2, 0) is 11.2 Å². The number of carboxylic acid groups (broad SMARTS) is 1.